The minimum Gasteiger partial charge on any atom is -0.493 e. The number of rotatable bonds is 7. The Bertz CT molecular complexity index is 1370. The summed E-state index contributed by atoms with van der Waals surface area (Å²) < 4.78 is 10.7. The number of amides is 2. The summed E-state index contributed by atoms with van der Waals surface area (Å²) in [7, 11) is 3.09. The number of para-hydroxylation sites is 1. The number of methoxy groups -OCH3 is 2. The molecule has 0 spiro atoms. The Hall–Kier alpha value is -3.97. The van der Waals surface area contributed by atoms with Crippen molar-refractivity contribution in [2.24, 2.45) is 0 Å². The van der Waals surface area contributed by atoms with Gasteiger partial charge in [0, 0.05) is 23.6 Å². The maximum atomic E-state index is 13.2. The zero-order chi connectivity index (χ0) is 24.1. The van der Waals surface area contributed by atoms with E-state index in [2.05, 4.69) is 10.3 Å². The van der Waals surface area contributed by atoms with Crippen molar-refractivity contribution >= 4 is 34.2 Å². The Morgan fingerprint density at radius 2 is 1.62 bits per heavy atom. The van der Waals surface area contributed by atoms with Crippen LogP contribution in [0.4, 0.5) is 10.5 Å². The van der Waals surface area contributed by atoms with Gasteiger partial charge >= 0.3 is 6.03 Å². The van der Waals surface area contributed by atoms with Gasteiger partial charge in [-0.1, -0.05) is 54.1 Å². The van der Waals surface area contributed by atoms with Gasteiger partial charge in [-0.15, -0.1) is 0 Å². The molecule has 7 nitrogen and oxygen atoms in total. The number of nitrogens with one attached hydrogen (secondary N) is 2. The highest BCUT2D eigenvalue weighted by atomic mass is 35.5. The van der Waals surface area contributed by atoms with E-state index < -0.39 is 0 Å². The minimum atomic E-state index is -0.372. The number of aromatic nitrogens is 1. The first-order valence-electron chi connectivity index (χ1n) is 10.6. The third-order valence-corrected chi connectivity index (χ3v) is 5.74. The fourth-order valence-electron chi connectivity index (χ4n) is 3.66. The van der Waals surface area contributed by atoms with E-state index in [9.17, 15) is 9.59 Å². The summed E-state index contributed by atoms with van der Waals surface area (Å²) in [6.45, 7) is 0.394. The second kappa shape index (κ2) is 10.3. The van der Waals surface area contributed by atoms with Gasteiger partial charge in [0.2, 0.25) is 0 Å². The van der Waals surface area contributed by atoms with Gasteiger partial charge in [-0.3, -0.25) is 4.79 Å². The molecule has 0 bridgehead atoms. The maximum absolute atomic E-state index is 13.2. The normalized spacial score (nSPS) is 10.7. The maximum Gasteiger partial charge on any atom is 0.322 e. The summed E-state index contributed by atoms with van der Waals surface area (Å²) in [5.74, 6) is 1.06. The van der Waals surface area contributed by atoms with Crippen LogP contribution in [-0.4, -0.2) is 30.1 Å². The molecule has 0 radical (unpaired) electrons. The first-order valence-corrected chi connectivity index (χ1v) is 11.0. The predicted molar refractivity (Wildman–Crippen MR) is 134 cm³/mol. The molecule has 2 N–H and O–H groups in total. The van der Waals surface area contributed by atoms with E-state index in [0.717, 1.165) is 10.9 Å². The molecule has 2 amide bonds. The van der Waals surface area contributed by atoms with Crippen LogP contribution in [0.5, 0.6) is 11.5 Å². The molecule has 8 heteroatoms. The number of carbonyl (C=O) groups is 1. The van der Waals surface area contributed by atoms with Crippen molar-refractivity contribution in [3.63, 3.8) is 0 Å². The fourth-order valence-corrected chi connectivity index (χ4v) is 3.84. The van der Waals surface area contributed by atoms with Gasteiger partial charge in [0.05, 0.1) is 37.0 Å². The monoisotopic (exact) mass is 477 g/mol. The fraction of sp³-hybridized carbons (Fsp3) is 0.154. The molecule has 0 unspecified atom stereocenters. The Morgan fingerprint density at radius 1 is 0.941 bits per heavy atom. The summed E-state index contributed by atoms with van der Waals surface area (Å²) >= 11 is 6.23. The highest BCUT2D eigenvalue weighted by Gasteiger charge is 2.18. The van der Waals surface area contributed by atoms with Crippen molar-refractivity contribution in [1.29, 1.82) is 0 Å². The number of benzene rings is 3. The van der Waals surface area contributed by atoms with E-state index in [1.807, 2.05) is 30.3 Å². The summed E-state index contributed by atoms with van der Waals surface area (Å²) in [6.07, 6.45) is 0. The lowest BCUT2D eigenvalue weighted by molar-refractivity contribution is 0.206. The first kappa shape index (κ1) is 23.2. The number of nitrogens with zero attached hydrogens (tertiary/aromatic N) is 1. The molecule has 1 aromatic heterocycles. The summed E-state index contributed by atoms with van der Waals surface area (Å²) in [4.78, 5) is 30.6. The lowest BCUT2D eigenvalue weighted by atomic mass is 10.1. The van der Waals surface area contributed by atoms with Crippen LogP contribution < -0.4 is 20.3 Å². The quantitative estimate of drug-likeness (QED) is 0.371. The molecule has 4 aromatic rings. The highest BCUT2D eigenvalue weighted by Crippen LogP contribution is 2.31. The number of ether oxygens (including phenoxy) is 2. The molecule has 0 atom stereocenters. The van der Waals surface area contributed by atoms with Gasteiger partial charge in [-0.25, -0.2) is 4.79 Å². The number of urea groups is 1. The minimum absolute atomic E-state index is 0.0881. The van der Waals surface area contributed by atoms with Crippen LogP contribution in [0, 0.1) is 0 Å². The van der Waals surface area contributed by atoms with Crippen LogP contribution in [-0.2, 0) is 13.1 Å². The Balaban J connectivity index is 1.68. The molecule has 0 fully saturated rings. The Kier molecular flexibility index (Phi) is 7.04. The average molecular weight is 478 g/mol. The summed E-state index contributed by atoms with van der Waals surface area (Å²) in [5, 5.41) is 4.04. The first-order chi connectivity index (χ1) is 16.5. The molecule has 174 valence electrons. The van der Waals surface area contributed by atoms with Crippen molar-refractivity contribution in [3.8, 4) is 11.5 Å². The van der Waals surface area contributed by atoms with E-state index in [0.29, 0.717) is 39.8 Å². The molecule has 3 aromatic carbocycles. The van der Waals surface area contributed by atoms with Gasteiger partial charge in [-0.2, -0.15) is 0 Å². The third-order valence-electron chi connectivity index (χ3n) is 5.41. The number of carbonyl (C=O) groups excluding carboxylic acids is 1. The van der Waals surface area contributed by atoms with Crippen molar-refractivity contribution in [3.05, 3.63) is 99.3 Å². The van der Waals surface area contributed by atoms with Crippen LogP contribution in [0.2, 0.25) is 5.02 Å². The second-order valence-electron chi connectivity index (χ2n) is 7.67. The Morgan fingerprint density at radius 3 is 2.32 bits per heavy atom. The van der Waals surface area contributed by atoms with Gasteiger partial charge in [0.15, 0.2) is 11.5 Å². The van der Waals surface area contributed by atoms with Gasteiger partial charge in [0.25, 0.3) is 5.56 Å². The van der Waals surface area contributed by atoms with Crippen molar-refractivity contribution in [2.45, 2.75) is 13.1 Å². The standard InChI is InChI=1S/C26H24ClN3O4/c1-33-23-13-18-12-19(25(31)28-22(18)14-24(23)34-2)16-30(15-17-8-4-3-5-9-17)26(32)29-21-11-7-6-10-20(21)27/h3-14H,15-16H2,1-2H3,(H,28,31)(H,29,32). The van der Waals surface area contributed by atoms with E-state index in [1.54, 1.807) is 54.5 Å². The lowest BCUT2D eigenvalue weighted by Gasteiger charge is -2.23. The van der Waals surface area contributed by atoms with Crippen molar-refractivity contribution < 1.29 is 14.3 Å². The number of H-pyrrole nitrogens is 1. The third kappa shape index (κ3) is 5.15. The van der Waals surface area contributed by atoms with Crippen molar-refractivity contribution in [1.82, 2.24) is 9.88 Å². The molecular weight excluding hydrogens is 454 g/mol. The van der Waals surface area contributed by atoms with Crippen LogP contribution in [0.15, 0.2) is 77.6 Å². The van der Waals surface area contributed by atoms with Gasteiger partial charge in [-0.05, 0) is 29.8 Å². The number of anilines is 1. The lowest BCUT2D eigenvalue weighted by Crippen LogP contribution is -2.35. The van der Waals surface area contributed by atoms with Crippen LogP contribution in [0.3, 0.4) is 0 Å². The topological polar surface area (TPSA) is 83.7 Å². The largest absolute Gasteiger partial charge is 0.493 e. The molecule has 34 heavy (non-hydrogen) atoms. The average Bonchev–Trinajstić information content (AvgIpc) is 2.85. The SMILES string of the molecule is COc1cc2cc(CN(Cc3ccccc3)C(=O)Nc3ccccc3Cl)c(=O)[nH]c2cc1OC. The Labute approximate surface area is 201 Å². The highest BCUT2D eigenvalue weighted by molar-refractivity contribution is 6.33. The number of fused-ring (bicyclic) bond motifs is 1. The molecule has 0 aliphatic rings. The number of pyridine rings is 1. The van der Waals surface area contributed by atoms with Crippen LogP contribution >= 0.6 is 11.6 Å². The molecule has 4 rings (SSSR count). The van der Waals surface area contributed by atoms with E-state index in [1.165, 1.54) is 7.11 Å². The summed E-state index contributed by atoms with van der Waals surface area (Å²) in [6, 6.07) is 21.5. The molecule has 0 saturated carbocycles. The van der Waals surface area contributed by atoms with Gasteiger partial charge in [0.1, 0.15) is 0 Å². The molecule has 0 aliphatic carbocycles. The molecular formula is C26H24ClN3O4. The number of halogens is 1. The number of hydrogen-bond acceptors (Lipinski definition) is 4. The van der Waals surface area contributed by atoms with E-state index in [-0.39, 0.29) is 18.1 Å². The van der Waals surface area contributed by atoms with Crippen LogP contribution in [0.1, 0.15) is 11.1 Å². The van der Waals surface area contributed by atoms with E-state index in [4.69, 9.17) is 21.1 Å². The smallest absolute Gasteiger partial charge is 0.322 e. The zero-order valence-electron chi connectivity index (χ0n) is 18.8. The number of aromatic amines is 1. The van der Waals surface area contributed by atoms with E-state index >= 15 is 0 Å². The second-order valence-corrected chi connectivity index (χ2v) is 8.08. The zero-order valence-corrected chi connectivity index (χ0v) is 19.6. The summed E-state index contributed by atoms with van der Waals surface area (Å²) in [5.41, 5.74) is 2.19. The predicted octanol–water partition coefficient (Wildman–Crippen LogP) is 5.43. The molecule has 1 heterocycles. The molecule has 0 aliphatic heterocycles. The van der Waals surface area contributed by atoms with Crippen LogP contribution in [0.25, 0.3) is 10.9 Å². The molecule has 0 saturated heterocycles. The van der Waals surface area contributed by atoms with Crippen molar-refractivity contribution in [2.75, 3.05) is 19.5 Å². The van der Waals surface area contributed by atoms with Gasteiger partial charge < -0.3 is 24.7 Å². The number of hydrogen-bond donors (Lipinski definition) is 2.